The lowest BCUT2D eigenvalue weighted by Gasteiger charge is -2.27. The van der Waals surface area contributed by atoms with Crippen molar-refractivity contribution in [2.75, 3.05) is 13.2 Å². The van der Waals surface area contributed by atoms with Crippen LogP contribution in [0.15, 0.2) is 43.2 Å². The first-order valence-electron chi connectivity index (χ1n) is 14.0. The molecule has 4 aromatic heterocycles. The number of halogens is 1. The Kier molecular flexibility index (Phi) is 7.90. The highest BCUT2D eigenvalue weighted by atomic mass is 32.7. The molecule has 2 N–H and O–H groups in total. The largest absolute Gasteiger partial charge is 0.387 e. The fraction of sp³-hybridized carbons (Fsp3) is 0.435. The molecular formula is C23H22FN9O11P2S2. The van der Waals surface area contributed by atoms with Gasteiger partial charge in [0, 0.05) is 18.5 Å². The lowest BCUT2D eigenvalue weighted by Crippen LogP contribution is -2.35. The molecule has 5 aromatic rings. The van der Waals surface area contributed by atoms with Crippen LogP contribution in [0.1, 0.15) is 12.5 Å². The third kappa shape index (κ3) is 5.43. The quantitative estimate of drug-likeness (QED) is 0.104. The van der Waals surface area contributed by atoms with Crippen LogP contribution in [-0.4, -0.2) is 104 Å². The first kappa shape index (κ1) is 32.2. The molecule has 48 heavy (non-hydrogen) atoms. The van der Waals surface area contributed by atoms with E-state index >= 15 is 4.39 Å². The van der Waals surface area contributed by atoms with Gasteiger partial charge < -0.3 is 24.0 Å². The van der Waals surface area contributed by atoms with Gasteiger partial charge in [-0.05, 0) is 17.9 Å². The monoisotopic (exact) mass is 745 g/mol. The van der Waals surface area contributed by atoms with Crippen molar-refractivity contribution in [3.8, 4) is 0 Å². The van der Waals surface area contributed by atoms with E-state index in [1.807, 2.05) is 0 Å². The van der Waals surface area contributed by atoms with Crippen LogP contribution in [-0.2, 0) is 43.9 Å². The molecule has 0 radical (unpaired) electrons. The predicted molar refractivity (Wildman–Crippen MR) is 164 cm³/mol. The number of nitrogens with zero attached hydrogens (tertiary/aromatic N) is 9. The standard InChI is InChI=1S/C23H22FN9O11P2S2/c24-14-18-13(42-22(14)31-9-26-16-20-25-4-5-30(20)8-27-21(16)31)7-40-46(38,48)44-19-17(34)12(6-39-45(37,47)43-18)41-23(19)32-10-2-1-3-11(33(35)36)15(10)28-29-32/h1-5,8-9,12-14,17-19,22-23,34H,6-7H2,(H,37,47)(H,38,48)/t12-,13-,14-,17-,18-,19-,22-,23-,45?,46?/m1/s1. The van der Waals surface area contributed by atoms with Gasteiger partial charge in [-0.3, -0.25) is 32.7 Å². The fourth-order valence-electron chi connectivity index (χ4n) is 5.86. The molecule has 254 valence electrons. The van der Waals surface area contributed by atoms with E-state index in [1.165, 1.54) is 35.4 Å². The number of ether oxygens (including phenoxy) is 2. The van der Waals surface area contributed by atoms with Crippen LogP contribution in [0.25, 0.3) is 27.8 Å². The van der Waals surface area contributed by atoms with Crippen LogP contribution in [0.4, 0.5) is 10.1 Å². The average molecular weight is 746 g/mol. The molecule has 8 rings (SSSR count). The Bertz CT molecular complexity index is 2170. The number of hydrogen-bond donors (Lipinski definition) is 3. The SMILES string of the molecule is O=[N+]([O-])c1cccc2c1nnn2[C@@H]1O[C@@H]2COP(=O)(S)O[C@H]3[C@@H](F)[C@H](n4cnc5c4ncn4ccnc54)O[C@@H]3COP(O)(=S)O[C@@H]1[C@@H]2O. The van der Waals surface area contributed by atoms with Gasteiger partial charge in [0.2, 0.25) is 0 Å². The van der Waals surface area contributed by atoms with Gasteiger partial charge in [-0.15, -0.1) is 5.10 Å². The second-order valence-electron chi connectivity index (χ2n) is 10.9. The summed E-state index contributed by atoms with van der Waals surface area (Å²) in [6.07, 6.45) is -6.28. The third-order valence-electron chi connectivity index (χ3n) is 8.04. The van der Waals surface area contributed by atoms with E-state index in [9.17, 15) is 24.7 Å². The van der Waals surface area contributed by atoms with Crippen LogP contribution >= 0.6 is 25.8 Å². The van der Waals surface area contributed by atoms with Gasteiger partial charge in [0.05, 0.1) is 30.0 Å². The Morgan fingerprint density at radius 2 is 1.83 bits per heavy atom. The summed E-state index contributed by atoms with van der Waals surface area (Å²) in [5, 5.41) is 30.5. The summed E-state index contributed by atoms with van der Waals surface area (Å²) in [7, 11) is 0. The zero-order valence-corrected chi connectivity index (χ0v) is 27.3. The van der Waals surface area contributed by atoms with E-state index in [-0.39, 0.29) is 22.4 Å². The minimum Gasteiger partial charge on any atom is -0.387 e. The number of thiol groups is 1. The topological polar surface area (TPSA) is 235 Å². The van der Waals surface area contributed by atoms with Crippen LogP contribution in [0.5, 0.6) is 0 Å². The minimum atomic E-state index is -4.42. The molecule has 7 heterocycles. The first-order valence-corrected chi connectivity index (χ1v) is 19.3. The van der Waals surface area contributed by atoms with E-state index in [0.29, 0.717) is 11.2 Å². The van der Waals surface area contributed by atoms with Crippen LogP contribution in [0.3, 0.4) is 0 Å². The molecule has 2 bridgehead atoms. The summed E-state index contributed by atoms with van der Waals surface area (Å²) in [4.78, 5) is 34.9. The summed E-state index contributed by atoms with van der Waals surface area (Å²) >= 11 is 9.27. The number of benzene rings is 1. The second-order valence-corrected chi connectivity index (χ2v) is 16.6. The van der Waals surface area contributed by atoms with Crippen molar-refractivity contribution in [3.63, 3.8) is 0 Å². The highest BCUT2D eigenvalue weighted by molar-refractivity contribution is 8.44. The Hall–Kier alpha value is -3.05. The summed E-state index contributed by atoms with van der Waals surface area (Å²) in [5.74, 6) is 0. The number of nitro groups is 1. The second kappa shape index (κ2) is 11.8. The number of hydrogen-bond acceptors (Lipinski definition) is 16. The molecule has 20 nitrogen and oxygen atoms in total. The van der Waals surface area contributed by atoms with Crippen molar-refractivity contribution in [3.05, 3.63) is 53.4 Å². The van der Waals surface area contributed by atoms with Gasteiger partial charge in [-0.25, -0.2) is 28.6 Å². The number of alkyl halides is 1. The average Bonchev–Trinajstić information content (AvgIpc) is 3.86. The number of aliphatic hydroxyl groups is 1. The summed E-state index contributed by atoms with van der Waals surface area (Å²) in [6, 6.07) is 4.10. The molecule has 0 aliphatic carbocycles. The Morgan fingerprint density at radius 1 is 1.04 bits per heavy atom. The maximum Gasteiger partial charge on any atom is 0.386 e. The fourth-order valence-corrected chi connectivity index (χ4v) is 8.76. The van der Waals surface area contributed by atoms with Crippen molar-refractivity contribution in [1.29, 1.82) is 0 Å². The number of aliphatic hydroxyl groups excluding tert-OH is 1. The van der Waals surface area contributed by atoms with Gasteiger partial charge in [0.15, 0.2) is 41.0 Å². The Labute approximate surface area is 276 Å². The molecular weight excluding hydrogens is 723 g/mol. The molecule has 10 atom stereocenters. The first-order chi connectivity index (χ1) is 22.9. The summed E-state index contributed by atoms with van der Waals surface area (Å²) in [5.41, 5.74) is 0.761. The predicted octanol–water partition coefficient (Wildman–Crippen LogP) is 2.00. The van der Waals surface area contributed by atoms with E-state index in [1.54, 1.807) is 16.8 Å². The number of fused-ring (bicyclic) bond motifs is 7. The Balaban J connectivity index is 1.11. The smallest absolute Gasteiger partial charge is 0.386 e. The molecule has 3 saturated heterocycles. The van der Waals surface area contributed by atoms with Crippen LogP contribution < -0.4 is 0 Å². The number of imidazole rings is 2. The normalized spacial score (nSPS) is 36.2. The number of rotatable bonds is 3. The van der Waals surface area contributed by atoms with E-state index in [0.717, 1.165) is 4.68 Å². The van der Waals surface area contributed by atoms with Gasteiger partial charge in [-0.1, -0.05) is 23.5 Å². The van der Waals surface area contributed by atoms with Crippen LogP contribution in [0, 0.1) is 10.1 Å². The zero-order valence-electron chi connectivity index (χ0n) is 23.8. The van der Waals surface area contributed by atoms with Crippen molar-refractivity contribution >= 4 is 71.1 Å². The van der Waals surface area contributed by atoms with Gasteiger partial charge in [0.1, 0.15) is 36.8 Å². The van der Waals surface area contributed by atoms with Crippen molar-refractivity contribution < 1.29 is 51.4 Å². The number of nitro benzene ring substituents is 1. The van der Waals surface area contributed by atoms with Crippen molar-refractivity contribution in [2.24, 2.45) is 0 Å². The number of non-ortho nitro benzene ring substituents is 1. The maximum atomic E-state index is 16.2. The zero-order chi connectivity index (χ0) is 33.5. The van der Waals surface area contributed by atoms with Gasteiger partial charge in [0.25, 0.3) is 5.69 Å². The molecule has 0 saturated carbocycles. The van der Waals surface area contributed by atoms with E-state index < -0.39 is 80.8 Å². The van der Waals surface area contributed by atoms with E-state index in [2.05, 4.69) is 37.5 Å². The molecule has 1 aromatic carbocycles. The van der Waals surface area contributed by atoms with Crippen molar-refractivity contribution in [2.45, 2.75) is 49.1 Å². The summed E-state index contributed by atoms with van der Waals surface area (Å²) < 4.78 is 67.8. The van der Waals surface area contributed by atoms with Gasteiger partial charge >= 0.3 is 13.5 Å². The highest BCUT2D eigenvalue weighted by Crippen LogP contribution is 2.58. The van der Waals surface area contributed by atoms with Crippen molar-refractivity contribution in [1.82, 2.24) is 38.9 Å². The van der Waals surface area contributed by atoms with Crippen LogP contribution in [0.2, 0.25) is 0 Å². The Morgan fingerprint density at radius 3 is 2.65 bits per heavy atom. The molecule has 3 aliphatic heterocycles. The molecule has 3 aliphatic rings. The highest BCUT2D eigenvalue weighted by Gasteiger charge is 2.53. The molecule has 0 spiro atoms. The van der Waals surface area contributed by atoms with Gasteiger partial charge in [-0.2, -0.15) is 0 Å². The number of aromatic nitrogens is 8. The third-order valence-corrected chi connectivity index (χ3v) is 11.2. The molecule has 0 amide bonds. The molecule has 3 fully saturated rings. The lowest BCUT2D eigenvalue weighted by molar-refractivity contribution is -0.383. The minimum absolute atomic E-state index is 0.0868. The maximum absolute atomic E-state index is 16.2. The molecule has 2 unspecified atom stereocenters. The summed E-state index contributed by atoms with van der Waals surface area (Å²) in [6.45, 7) is -9.99. The molecule has 25 heteroatoms. The van der Waals surface area contributed by atoms with E-state index in [4.69, 9.17) is 39.4 Å². The lowest BCUT2D eigenvalue weighted by atomic mass is 10.1.